The predicted octanol–water partition coefficient (Wildman–Crippen LogP) is 1.93. The summed E-state index contributed by atoms with van der Waals surface area (Å²) in [4.78, 5) is 20.9. The fourth-order valence-corrected chi connectivity index (χ4v) is 3.38. The molecule has 5 nitrogen and oxygen atoms in total. The van der Waals surface area contributed by atoms with Crippen LogP contribution in [-0.2, 0) is 16.1 Å². The average Bonchev–Trinajstić information content (AvgIpc) is 3.00. The van der Waals surface area contributed by atoms with E-state index in [4.69, 9.17) is 4.74 Å². The summed E-state index contributed by atoms with van der Waals surface area (Å²) in [6.45, 7) is 8.85. The smallest absolute Gasteiger partial charge is 0.251 e. The fourth-order valence-electron chi connectivity index (χ4n) is 3.38. The van der Waals surface area contributed by atoms with Crippen LogP contribution in [0.1, 0.15) is 32.3 Å². The highest BCUT2D eigenvalue weighted by atomic mass is 16.5. The van der Waals surface area contributed by atoms with E-state index in [-0.39, 0.29) is 12.0 Å². The molecule has 1 aromatic rings. The molecular weight excluding hydrogens is 290 g/mol. The lowest BCUT2D eigenvalue weighted by Gasteiger charge is -2.46. The van der Waals surface area contributed by atoms with Gasteiger partial charge in [0.1, 0.15) is 6.10 Å². The van der Waals surface area contributed by atoms with E-state index >= 15 is 0 Å². The number of pyridine rings is 1. The molecule has 126 valence electrons. The maximum atomic E-state index is 12.4. The lowest BCUT2D eigenvalue weighted by Crippen LogP contribution is -2.62. The Labute approximate surface area is 138 Å². The number of aromatic nitrogens is 1. The molecule has 23 heavy (non-hydrogen) atoms. The van der Waals surface area contributed by atoms with Crippen LogP contribution in [0.15, 0.2) is 24.5 Å². The van der Waals surface area contributed by atoms with Gasteiger partial charge < -0.3 is 9.64 Å². The van der Waals surface area contributed by atoms with Crippen LogP contribution in [0.3, 0.4) is 0 Å². The molecular formula is C18H27N3O2. The Kier molecular flexibility index (Phi) is 5.28. The molecule has 0 aliphatic carbocycles. The molecule has 2 saturated heterocycles. The number of amides is 1. The van der Waals surface area contributed by atoms with Crippen molar-refractivity contribution in [1.82, 2.24) is 14.8 Å². The van der Waals surface area contributed by atoms with Crippen LogP contribution in [-0.4, -0.2) is 59.1 Å². The SMILES string of the molecule is CC(C)CN(Cc1ccncc1)C1CN(C(=O)C2CCCO2)C1. The lowest BCUT2D eigenvalue weighted by molar-refractivity contribution is -0.148. The second-order valence-electron chi connectivity index (χ2n) is 7.08. The monoisotopic (exact) mass is 317 g/mol. The van der Waals surface area contributed by atoms with Gasteiger partial charge in [0.05, 0.1) is 0 Å². The third-order valence-corrected chi connectivity index (χ3v) is 4.63. The van der Waals surface area contributed by atoms with Gasteiger partial charge in [-0.1, -0.05) is 13.8 Å². The molecule has 5 heteroatoms. The zero-order valence-electron chi connectivity index (χ0n) is 14.1. The highest BCUT2D eigenvalue weighted by Crippen LogP contribution is 2.23. The molecule has 0 radical (unpaired) electrons. The first-order valence-corrected chi connectivity index (χ1v) is 8.67. The first-order valence-electron chi connectivity index (χ1n) is 8.67. The van der Waals surface area contributed by atoms with Crippen molar-refractivity contribution in [1.29, 1.82) is 0 Å². The predicted molar refractivity (Wildman–Crippen MR) is 88.8 cm³/mol. The van der Waals surface area contributed by atoms with E-state index in [9.17, 15) is 4.79 Å². The van der Waals surface area contributed by atoms with Crippen molar-refractivity contribution in [3.05, 3.63) is 30.1 Å². The molecule has 3 heterocycles. The molecule has 0 spiro atoms. The number of carbonyl (C=O) groups excluding carboxylic acids is 1. The summed E-state index contributed by atoms with van der Waals surface area (Å²) in [6.07, 6.45) is 5.39. The second-order valence-corrected chi connectivity index (χ2v) is 7.08. The topological polar surface area (TPSA) is 45.7 Å². The van der Waals surface area contributed by atoms with Crippen molar-refractivity contribution >= 4 is 5.91 Å². The summed E-state index contributed by atoms with van der Waals surface area (Å²) in [5, 5.41) is 0. The number of carbonyl (C=O) groups is 1. The van der Waals surface area contributed by atoms with Crippen LogP contribution in [0.5, 0.6) is 0 Å². The van der Waals surface area contributed by atoms with E-state index in [1.165, 1.54) is 5.56 Å². The lowest BCUT2D eigenvalue weighted by atomic mass is 10.0. The van der Waals surface area contributed by atoms with Crippen LogP contribution in [0.2, 0.25) is 0 Å². The van der Waals surface area contributed by atoms with Crippen LogP contribution < -0.4 is 0 Å². The Morgan fingerprint density at radius 3 is 2.74 bits per heavy atom. The Hall–Kier alpha value is -1.46. The molecule has 0 bridgehead atoms. The van der Waals surface area contributed by atoms with E-state index in [0.717, 1.165) is 45.6 Å². The summed E-state index contributed by atoms with van der Waals surface area (Å²) in [5.41, 5.74) is 1.28. The maximum Gasteiger partial charge on any atom is 0.251 e. The molecule has 1 amide bonds. The first-order chi connectivity index (χ1) is 11.1. The summed E-state index contributed by atoms with van der Waals surface area (Å²) < 4.78 is 5.52. The van der Waals surface area contributed by atoms with Crippen molar-refractivity contribution in [2.45, 2.75) is 45.4 Å². The van der Waals surface area contributed by atoms with Crippen LogP contribution >= 0.6 is 0 Å². The van der Waals surface area contributed by atoms with Gasteiger partial charge >= 0.3 is 0 Å². The summed E-state index contributed by atoms with van der Waals surface area (Å²) in [5.74, 6) is 0.798. The Morgan fingerprint density at radius 2 is 2.13 bits per heavy atom. The number of likely N-dealkylation sites (tertiary alicyclic amines) is 1. The van der Waals surface area contributed by atoms with Gasteiger partial charge in [-0.05, 0) is 36.5 Å². The highest BCUT2D eigenvalue weighted by molar-refractivity contribution is 5.82. The Balaban J connectivity index is 1.55. The van der Waals surface area contributed by atoms with Crippen LogP contribution in [0.4, 0.5) is 0 Å². The quantitative estimate of drug-likeness (QED) is 0.804. The van der Waals surface area contributed by atoms with Crippen LogP contribution in [0.25, 0.3) is 0 Å². The van der Waals surface area contributed by atoms with Gasteiger partial charge in [0.25, 0.3) is 5.91 Å². The minimum Gasteiger partial charge on any atom is -0.368 e. The fraction of sp³-hybridized carbons (Fsp3) is 0.667. The normalized spacial score (nSPS) is 21.9. The zero-order valence-corrected chi connectivity index (χ0v) is 14.1. The number of ether oxygens (including phenoxy) is 1. The zero-order chi connectivity index (χ0) is 16.2. The summed E-state index contributed by atoms with van der Waals surface area (Å²) in [6, 6.07) is 4.60. The number of hydrogen-bond donors (Lipinski definition) is 0. The van der Waals surface area contributed by atoms with Gasteiger partial charge in [0.2, 0.25) is 0 Å². The molecule has 1 unspecified atom stereocenters. The third-order valence-electron chi connectivity index (χ3n) is 4.63. The van der Waals surface area contributed by atoms with Crippen molar-refractivity contribution in [3.8, 4) is 0 Å². The maximum absolute atomic E-state index is 12.4. The summed E-state index contributed by atoms with van der Waals surface area (Å²) >= 11 is 0. The highest BCUT2D eigenvalue weighted by Gasteiger charge is 2.38. The number of hydrogen-bond acceptors (Lipinski definition) is 4. The number of nitrogens with zero attached hydrogens (tertiary/aromatic N) is 3. The van der Waals surface area contributed by atoms with Crippen molar-refractivity contribution < 1.29 is 9.53 Å². The molecule has 2 fully saturated rings. The molecule has 3 rings (SSSR count). The van der Waals surface area contributed by atoms with E-state index in [2.05, 4.69) is 35.9 Å². The second kappa shape index (κ2) is 7.41. The molecule has 2 aliphatic rings. The van der Waals surface area contributed by atoms with Crippen molar-refractivity contribution in [3.63, 3.8) is 0 Å². The van der Waals surface area contributed by atoms with E-state index in [1.54, 1.807) is 0 Å². The molecule has 0 aromatic carbocycles. The molecule has 0 saturated carbocycles. The average molecular weight is 317 g/mol. The third kappa shape index (κ3) is 4.09. The first kappa shape index (κ1) is 16.4. The Morgan fingerprint density at radius 1 is 1.39 bits per heavy atom. The number of rotatable bonds is 6. The van der Waals surface area contributed by atoms with Gasteiger partial charge in [-0.3, -0.25) is 14.7 Å². The Bertz CT molecular complexity index is 508. The van der Waals surface area contributed by atoms with E-state index in [0.29, 0.717) is 12.0 Å². The van der Waals surface area contributed by atoms with Crippen molar-refractivity contribution in [2.24, 2.45) is 5.92 Å². The van der Waals surface area contributed by atoms with Gasteiger partial charge in [-0.25, -0.2) is 0 Å². The molecule has 2 aliphatic heterocycles. The van der Waals surface area contributed by atoms with Crippen molar-refractivity contribution in [2.75, 3.05) is 26.2 Å². The molecule has 1 atom stereocenters. The summed E-state index contributed by atoms with van der Waals surface area (Å²) in [7, 11) is 0. The standard InChI is InChI=1S/C18H27N3O2/c1-14(2)10-20(11-15-5-7-19-8-6-15)16-12-21(13-16)18(22)17-4-3-9-23-17/h5-8,14,16-17H,3-4,9-13H2,1-2H3. The van der Waals surface area contributed by atoms with Gasteiger partial charge in [-0.2, -0.15) is 0 Å². The minimum absolute atomic E-state index is 0.185. The van der Waals surface area contributed by atoms with Gasteiger partial charge in [0.15, 0.2) is 0 Å². The largest absolute Gasteiger partial charge is 0.368 e. The van der Waals surface area contributed by atoms with Gasteiger partial charge in [0, 0.05) is 51.2 Å². The molecule has 0 N–H and O–H groups in total. The van der Waals surface area contributed by atoms with Crippen LogP contribution in [0, 0.1) is 5.92 Å². The molecule has 1 aromatic heterocycles. The minimum atomic E-state index is -0.185. The van der Waals surface area contributed by atoms with Gasteiger partial charge in [-0.15, -0.1) is 0 Å². The van der Waals surface area contributed by atoms with E-state index < -0.39 is 0 Å². The van der Waals surface area contributed by atoms with E-state index in [1.807, 2.05) is 17.3 Å².